The lowest BCUT2D eigenvalue weighted by Crippen LogP contribution is -2.30. The number of amides is 3. The predicted octanol–water partition coefficient (Wildman–Crippen LogP) is -0.860. The number of hydrogen-bond donors (Lipinski definition) is 4. The molecule has 0 radical (unpaired) electrons. The highest BCUT2D eigenvalue weighted by Gasteiger charge is 2.31. The van der Waals surface area contributed by atoms with Gasteiger partial charge in [-0.2, -0.15) is 0 Å². The number of carbonyl (C=O) groups excluding carboxylic acids is 3. The number of aromatic nitrogens is 1. The van der Waals surface area contributed by atoms with Crippen LogP contribution < -0.4 is 21.6 Å². The van der Waals surface area contributed by atoms with Gasteiger partial charge in [-0.3, -0.25) is 19.6 Å². The van der Waals surface area contributed by atoms with E-state index in [0.717, 1.165) is 4.90 Å². The van der Waals surface area contributed by atoms with E-state index in [1.54, 1.807) is 0 Å². The van der Waals surface area contributed by atoms with Gasteiger partial charge in [-0.05, 0) is 12.1 Å². The molecule has 0 bridgehead atoms. The van der Waals surface area contributed by atoms with Gasteiger partial charge < -0.3 is 5.43 Å². The number of hydrazine groups is 1. The fraction of sp³-hybridized carbons (Fsp3) is 0.200. The number of nitrogens with one attached hydrogen (secondary N) is 2. The van der Waals surface area contributed by atoms with Crippen LogP contribution in [0.4, 0.5) is 11.6 Å². The summed E-state index contributed by atoms with van der Waals surface area (Å²) in [5.41, 5.74) is 3.59. The van der Waals surface area contributed by atoms with Crippen molar-refractivity contribution < 1.29 is 19.6 Å². The number of imide groups is 1. The first kappa shape index (κ1) is 12.9. The van der Waals surface area contributed by atoms with Gasteiger partial charge in [0.25, 0.3) is 5.91 Å². The maximum Gasteiger partial charge on any atom is 0.278 e. The molecule has 9 nitrogen and oxygen atoms in total. The van der Waals surface area contributed by atoms with Crippen LogP contribution in [-0.2, 0) is 9.59 Å². The highest BCUT2D eigenvalue weighted by molar-refractivity contribution is 6.19. The maximum atomic E-state index is 11.6. The van der Waals surface area contributed by atoms with Gasteiger partial charge in [0.15, 0.2) is 5.82 Å². The van der Waals surface area contributed by atoms with Crippen molar-refractivity contribution in [1.29, 1.82) is 0 Å². The van der Waals surface area contributed by atoms with Gasteiger partial charge in [0.2, 0.25) is 11.8 Å². The Morgan fingerprint density at radius 2 is 1.95 bits per heavy atom. The molecule has 100 valence electrons. The van der Waals surface area contributed by atoms with Crippen molar-refractivity contribution in [3.8, 4) is 0 Å². The third-order valence-corrected chi connectivity index (χ3v) is 2.64. The molecule has 0 saturated carbocycles. The van der Waals surface area contributed by atoms with Crippen LogP contribution in [-0.4, -0.2) is 27.9 Å². The zero-order valence-electron chi connectivity index (χ0n) is 9.71. The van der Waals surface area contributed by atoms with Crippen LogP contribution in [0.15, 0.2) is 12.1 Å². The molecule has 1 aromatic rings. The van der Waals surface area contributed by atoms with Crippen LogP contribution >= 0.6 is 0 Å². The first-order valence-corrected chi connectivity index (χ1v) is 5.36. The highest BCUT2D eigenvalue weighted by atomic mass is 16.5. The van der Waals surface area contributed by atoms with E-state index in [-0.39, 0.29) is 41.9 Å². The first-order chi connectivity index (χ1) is 9.08. The smallest absolute Gasteiger partial charge is 0.278 e. The minimum atomic E-state index is -0.814. The van der Waals surface area contributed by atoms with E-state index in [1.165, 1.54) is 17.6 Å². The molecule has 2 heterocycles. The van der Waals surface area contributed by atoms with Crippen molar-refractivity contribution in [3.05, 3.63) is 17.7 Å². The van der Waals surface area contributed by atoms with E-state index >= 15 is 0 Å². The van der Waals surface area contributed by atoms with Crippen LogP contribution in [0.25, 0.3) is 0 Å². The van der Waals surface area contributed by atoms with Crippen LogP contribution in [0.1, 0.15) is 23.2 Å². The number of nitrogens with two attached hydrogens (primary N) is 1. The zero-order chi connectivity index (χ0) is 14.0. The largest absolute Gasteiger partial charge is 0.308 e. The molecule has 2 rings (SSSR count). The predicted molar refractivity (Wildman–Crippen MR) is 63.0 cm³/mol. The van der Waals surface area contributed by atoms with Crippen molar-refractivity contribution in [3.63, 3.8) is 0 Å². The average molecular weight is 265 g/mol. The van der Waals surface area contributed by atoms with Crippen LogP contribution in [0.2, 0.25) is 0 Å². The minimum Gasteiger partial charge on any atom is -0.308 e. The summed E-state index contributed by atoms with van der Waals surface area (Å²) in [5, 5.41) is 8.56. The number of nitrogen functional groups attached to an aromatic ring is 1. The lowest BCUT2D eigenvalue weighted by molar-refractivity contribution is -0.121. The lowest BCUT2D eigenvalue weighted by Gasteiger charge is -2.15. The van der Waals surface area contributed by atoms with Gasteiger partial charge in [-0.15, -0.1) is 0 Å². The van der Waals surface area contributed by atoms with Gasteiger partial charge in [0.1, 0.15) is 5.82 Å². The topological polar surface area (TPSA) is 138 Å². The first-order valence-electron chi connectivity index (χ1n) is 5.36. The molecular formula is C10H11N5O4. The van der Waals surface area contributed by atoms with Crippen LogP contribution in [0.5, 0.6) is 0 Å². The second kappa shape index (κ2) is 5.00. The molecular weight excluding hydrogens is 254 g/mol. The normalized spacial score (nSPS) is 14.7. The standard InChI is InChI=1S/C10H11N5O4/c11-13-9-5(10(18)14-19)1-2-6(12-9)15-7(16)3-4-8(15)17/h1-2,19H,3-4,11H2,(H,12,13)(H,14,18). The molecule has 1 aromatic heterocycles. The summed E-state index contributed by atoms with van der Waals surface area (Å²) in [6.45, 7) is 0. The summed E-state index contributed by atoms with van der Waals surface area (Å²) in [7, 11) is 0. The Morgan fingerprint density at radius 3 is 2.47 bits per heavy atom. The van der Waals surface area contributed by atoms with Gasteiger partial charge in [0.05, 0.1) is 5.56 Å². The molecule has 0 spiro atoms. The Balaban J connectivity index is 2.42. The summed E-state index contributed by atoms with van der Waals surface area (Å²) in [6, 6.07) is 2.62. The van der Waals surface area contributed by atoms with Crippen LogP contribution in [0, 0.1) is 0 Å². The summed E-state index contributed by atoms with van der Waals surface area (Å²) in [6.07, 6.45) is 0.259. The molecule has 0 aliphatic carbocycles. The van der Waals surface area contributed by atoms with E-state index in [4.69, 9.17) is 11.0 Å². The average Bonchev–Trinajstić information content (AvgIpc) is 2.76. The Hall–Kier alpha value is -2.52. The van der Waals surface area contributed by atoms with E-state index in [9.17, 15) is 14.4 Å². The number of carbonyl (C=O) groups is 3. The summed E-state index contributed by atoms with van der Waals surface area (Å²) in [5.74, 6) is 3.70. The van der Waals surface area contributed by atoms with Crippen LogP contribution in [0.3, 0.4) is 0 Å². The Morgan fingerprint density at radius 1 is 1.32 bits per heavy atom. The summed E-state index contributed by atoms with van der Waals surface area (Å²) >= 11 is 0. The minimum absolute atomic E-state index is 0.0205. The number of hydroxylamine groups is 1. The fourth-order valence-electron chi connectivity index (χ4n) is 1.76. The van der Waals surface area contributed by atoms with E-state index in [0.29, 0.717) is 0 Å². The third kappa shape index (κ3) is 2.23. The SMILES string of the molecule is NNc1nc(N2C(=O)CCC2=O)ccc1C(=O)NO. The maximum absolute atomic E-state index is 11.6. The van der Waals surface area contributed by atoms with Crippen molar-refractivity contribution in [2.45, 2.75) is 12.8 Å². The van der Waals surface area contributed by atoms with Crippen molar-refractivity contribution in [2.75, 3.05) is 10.3 Å². The van der Waals surface area contributed by atoms with Crippen molar-refractivity contribution >= 4 is 29.4 Å². The Labute approximate surface area is 107 Å². The van der Waals surface area contributed by atoms with Crippen molar-refractivity contribution in [1.82, 2.24) is 10.5 Å². The highest BCUT2D eigenvalue weighted by Crippen LogP contribution is 2.23. The number of hydrogen-bond acceptors (Lipinski definition) is 7. The molecule has 9 heteroatoms. The van der Waals surface area contributed by atoms with E-state index in [2.05, 4.69) is 10.4 Å². The molecule has 1 saturated heterocycles. The van der Waals surface area contributed by atoms with Gasteiger partial charge >= 0.3 is 0 Å². The molecule has 1 aliphatic rings. The number of rotatable bonds is 3. The number of anilines is 2. The van der Waals surface area contributed by atoms with E-state index < -0.39 is 5.91 Å². The summed E-state index contributed by atoms with van der Waals surface area (Å²) in [4.78, 5) is 39.3. The molecule has 5 N–H and O–H groups in total. The molecule has 1 aliphatic heterocycles. The second-order valence-electron chi connectivity index (χ2n) is 3.77. The molecule has 0 atom stereocenters. The zero-order valence-corrected chi connectivity index (χ0v) is 9.71. The van der Waals surface area contributed by atoms with Crippen molar-refractivity contribution in [2.24, 2.45) is 5.84 Å². The summed E-state index contributed by atoms with van der Waals surface area (Å²) < 4.78 is 0. The monoisotopic (exact) mass is 265 g/mol. The third-order valence-electron chi connectivity index (χ3n) is 2.64. The molecule has 0 aromatic carbocycles. The fourth-order valence-corrected chi connectivity index (χ4v) is 1.76. The lowest BCUT2D eigenvalue weighted by atomic mass is 10.2. The molecule has 1 fully saturated rings. The Bertz CT molecular complexity index is 543. The molecule has 19 heavy (non-hydrogen) atoms. The van der Waals surface area contributed by atoms with Gasteiger partial charge in [0, 0.05) is 12.8 Å². The quantitative estimate of drug-likeness (QED) is 0.241. The molecule has 3 amide bonds. The second-order valence-corrected chi connectivity index (χ2v) is 3.77. The number of nitrogens with zero attached hydrogens (tertiary/aromatic N) is 2. The van der Waals surface area contributed by atoms with Gasteiger partial charge in [-0.25, -0.2) is 21.2 Å². The number of pyridine rings is 1. The Kier molecular flexibility index (Phi) is 3.40. The molecule has 0 unspecified atom stereocenters. The van der Waals surface area contributed by atoms with E-state index in [1.807, 2.05) is 0 Å². The van der Waals surface area contributed by atoms with Gasteiger partial charge in [-0.1, -0.05) is 0 Å².